The monoisotopic (exact) mass is 398 g/mol. The number of aliphatic imine (C=N–C) groups is 1. The Labute approximate surface area is 172 Å². The number of anilines is 1. The van der Waals surface area contributed by atoms with Gasteiger partial charge in [0.25, 0.3) is 0 Å². The first-order valence-corrected chi connectivity index (χ1v) is 10.3. The molecule has 2 N–H and O–H groups in total. The summed E-state index contributed by atoms with van der Waals surface area (Å²) in [6.07, 6.45) is 4.12. The Morgan fingerprint density at radius 1 is 1.24 bits per heavy atom. The van der Waals surface area contributed by atoms with Crippen LogP contribution in [-0.2, 0) is 22.7 Å². The summed E-state index contributed by atoms with van der Waals surface area (Å²) >= 11 is 0. The van der Waals surface area contributed by atoms with Crippen molar-refractivity contribution in [1.82, 2.24) is 10.6 Å². The molecule has 0 unspecified atom stereocenters. The van der Waals surface area contributed by atoms with E-state index in [9.17, 15) is 4.79 Å². The average Bonchev–Trinajstić information content (AvgIpc) is 3.41. The van der Waals surface area contributed by atoms with Gasteiger partial charge in [-0.25, -0.2) is 4.99 Å². The first-order valence-electron chi connectivity index (χ1n) is 10.3. The van der Waals surface area contributed by atoms with Crippen molar-refractivity contribution in [2.45, 2.75) is 39.3 Å². The Bertz CT molecular complexity index is 772. The molecule has 1 aliphatic rings. The Kier molecular flexibility index (Phi) is 8.12. The fraction of sp³-hybridized carbons (Fsp3) is 0.455. The molecule has 2 aromatic rings. The molecule has 1 aromatic heterocycles. The lowest BCUT2D eigenvalue weighted by molar-refractivity contribution is -0.117. The predicted octanol–water partition coefficient (Wildman–Crippen LogP) is 3.07. The second-order valence-corrected chi connectivity index (χ2v) is 6.92. The SMILES string of the molecule is CCNC(=NCc1ccc(N2CCCC2=O)cc1)NCCCOCc1ccco1. The number of ether oxygens (including phenoxy) is 1. The van der Waals surface area contributed by atoms with E-state index in [0.29, 0.717) is 26.2 Å². The largest absolute Gasteiger partial charge is 0.467 e. The molecule has 1 amide bonds. The highest BCUT2D eigenvalue weighted by atomic mass is 16.5. The second kappa shape index (κ2) is 11.3. The average molecular weight is 399 g/mol. The molecule has 7 heteroatoms. The van der Waals surface area contributed by atoms with Gasteiger partial charge >= 0.3 is 0 Å². The van der Waals surface area contributed by atoms with Crippen molar-refractivity contribution in [3.05, 3.63) is 54.0 Å². The number of rotatable bonds is 10. The number of furan rings is 1. The van der Waals surface area contributed by atoms with Crippen LogP contribution < -0.4 is 15.5 Å². The van der Waals surface area contributed by atoms with Crippen LogP contribution in [0.15, 0.2) is 52.1 Å². The van der Waals surface area contributed by atoms with Gasteiger partial charge in [-0.05, 0) is 49.6 Å². The second-order valence-electron chi connectivity index (χ2n) is 6.92. The molecule has 7 nitrogen and oxygen atoms in total. The fourth-order valence-corrected chi connectivity index (χ4v) is 3.16. The smallest absolute Gasteiger partial charge is 0.227 e. The highest BCUT2D eigenvalue weighted by Crippen LogP contribution is 2.21. The predicted molar refractivity (Wildman–Crippen MR) is 114 cm³/mol. The summed E-state index contributed by atoms with van der Waals surface area (Å²) in [6, 6.07) is 11.9. The van der Waals surface area contributed by atoms with E-state index in [1.165, 1.54) is 0 Å². The maximum Gasteiger partial charge on any atom is 0.227 e. The molecular formula is C22H30N4O3. The van der Waals surface area contributed by atoms with Gasteiger partial charge in [-0.15, -0.1) is 0 Å². The van der Waals surface area contributed by atoms with Crippen LogP contribution in [0.4, 0.5) is 5.69 Å². The van der Waals surface area contributed by atoms with Crippen molar-refractivity contribution in [2.24, 2.45) is 4.99 Å². The maximum atomic E-state index is 11.8. The molecule has 156 valence electrons. The topological polar surface area (TPSA) is 79.1 Å². The number of benzene rings is 1. The zero-order chi connectivity index (χ0) is 20.3. The van der Waals surface area contributed by atoms with Crippen LogP contribution in [0.1, 0.15) is 37.5 Å². The van der Waals surface area contributed by atoms with Crippen molar-refractivity contribution in [2.75, 3.05) is 31.1 Å². The lowest BCUT2D eigenvalue weighted by atomic mass is 10.2. The van der Waals surface area contributed by atoms with E-state index in [2.05, 4.69) is 15.6 Å². The van der Waals surface area contributed by atoms with Gasteiger partial charge in [-0.1, -0.05) is 12.1 Å². The Balaban J connectivity index is 1.40. The molecule has 0 saturated carbocycles. The Morgan fingerprint density at radius 3 is 2.79 bits per heavy atom. The van der Waals surface area contributed by atoms with E-state index in [4.69, 9.17) is 9.15 Å². The van der Waals surface area contributed by atoms with Crippen LogP contribution in [0.25, 0.3) is 0 Å². The first-order chi connectivity index (χ1) is 14.3. The zero-order valence-corrected chi connectivity index (χ0v) is 17.0. The van der Waals surface area contributed by atoms with Gasteiger partial charge in [0, 0.05) is 38.3 Å². The molecule has 0 radical (unpaired) electrons. The molecule has 1 saturated heterocycles. The van der Waals surface area contributed by atoms with E-state index >= 15 is 0 Å². The van der Waals surface area contributed by atoms with Crippen LogP contribution in [0, 0.1) is 0 Å². The van der Waals surface area contributed by atoms with Crippen LogP contribution in [0.3, 0.4) is 0 Å². The molecule has 3 rings (SSSR count). The third kappa shape index (κ3) is 6.64. The minimum absolute atomic E-state index is 0.211. The molecule has 0 spiro atoms. The fourth-order valence-electron chi connectivity index (χ4n) is 3.16. The third-order valence-corrected chi connectivity index (χ3v) is 4.67. The number of carbonyl (C=O) groups excluding carboxylic acids is 1. The van der Waals surface area contributed by atoms with Crippen molar-refractivity contribution >= 4 is 17.6 Å². The van der Waals surface area contributed by atoms with E-state index in [0.717, 1.165) is 55.4 Å². The minimum Gasteiger partial charge on any atom is -0.467 e. The van der Waals surface area contributed by atoms with E-state index in [1.54, 1.807) is 6.26 Å². The standard InChI is InChI=1S/C22H30N4O3/c1-2-23-22(24-12-5-14-28-17-20-6-4-15-29-20)25-16-18-8-10-19(11-9-18)26-13-3-7-21(26)27/h4,6,8-11,15H,2-3,5,7,12-14,16-17H2,1H3,(H2,23,24,25). The van der Waals surface area contributed by atoms with Crippen LogP contribution in [0.2, 0.25) is 0 Å². The summed E-state index contributed by atoms with van der Waals surface area (Å²) in [6.45, 7) is 6.18. The van der Waals surface area contributed by atoms with Crippen molar-refractivity contribution in [1.29, 1.82) is 0 Å². The summed E-state index contributed by atoms with van der Waals surface area (Å²) in [5.74, 6) is 1.84. The molecule has 1 fully saturated rings. The van der Waals surface area contributed by atoms with Gasteiger partial charge in [0.05, 0.1) is 12.8 Å². The molecular weight excluding hydrogens is 368 g/mol. The zero-order valence-electron chi connectivity index (χ0n) is 17.0. The highest BCUT2D eigenvalue weighted by molar-refractivity contribution is 5.95. The number of amides is 1. The van der Waals surface area contributed by atoms with Gasteiger partial charge in [-0.3, -0.25) is 4.79 Å². The molecule has 29 heavy (non-hydrogen) atoms. The van der Waals surface area contributed by atoms with E-state index in [-0.39, 0.29) is 5.91 Å². The van der Waals surface area contributed by atoms with Crippen LogP contribution >= 0.6 is 0 Å². The summed E-state index contributed by atoms with van der Waals surface area (Å²) in [4.78, 5) is 18.3. The lowest BCUT2D eigenvalue weighted by Gasteiger charge is -2.16. The minimum atomic E-state index is 0.211. The van der Waals surface area contributed by atoms with Gasteiger partial charge in [-0.2, -0.15) is 0 Å². The normalized spacial score (nSPS) is 14.4. The highest BCUT2D eigenvalue weighted by Gasteiger charge is 2.21. The van der Waals surface area contributed by atoms with E-state index < -0.39 is 0 Å². The Morgan fingerprint density at radius 2 is 2.10 bits per heavy atom. The molecule has 0 atom stereocenters. The number of hydrogen-bond donors (Lipinski definition) is 2. The van der Waals surface area contributed by atoms with Crippen molar-refractivity contribution in [3.63, 3.8) is 0 Å². The first kappa shape index (κ1) is 20.9. The lowest BCUT2D eigenvalue weighted by Crippen LogP contribution is -2.38. The Hall–Kier alpha value is -2.80. The molecule has 0 aliphatic carbocycles. The third-order valence-electron chi connectivity index (χ3n) is 4.67. The van der Waals surface area contributed by atoms with Crippen LogP contribution in [0.5, 0.6) is 0 Å². The van der Waals surface area contributed by atoms with Gasteiger partial charge in [0.1, 0.15) is 12.4 Å². The quantitative estimate of drug-likeness (QED) is 0.365. The van der Waals surface area contributed by atoms with Crippen LogP contribution in [-0.4, -0.2) is 38.1 Å². The molecule has 2 heterocycles. The summed E-state index contributed by atoms with van der Waals surface area (Å²) < 4.78 is 10.8. The van der Waals surface area contributed by atoms with Gasteiger partial charge in [0.2, 0.25) is 5.91 Å². The van der Waals surface area contributed by atoms with Crippen molar-refractivity contribution in [3.8, 4) is 0 Å². The number of nitrogens with one attached hydrogen (secondary N) is 2. The number of carbonyl (C=O) groups is 1. The molecule has 1 aromatic carbocycles. The summed E-state index contributed by atoms with van der Waals surface area (Å²) in [5, 5.41) is 6.59. The molecule has 1 aliphatic heterocycles. The number of hydrogen-bond acceptors (Lipinski definition) is 4. The maximum absolute atomic E-state index is 11.8. The molecule has 0 bridgehead atoms. The van der Waals surface area contributed by atoms with E-state index in [1.807, 2.05) is 48.2 Å². The van der Waals surface area contributed by atoms with Crippen molar-refractivity contribution < 1.29 is 13.9 Å². The summed E-state index contributed by atoms with van der Waals surface area (Å²) in [5.41, 5.74) is 2.08. The number of nitrogens with zero attached hydrogens (tertiary/aromatic N) is 2. The van der Waals surface area contributed by atoms with Gasteiger partial charge in [0.15, 0.2) is 5.96 Å². The summed E-state index contributed by atoms with van der Waals surface area (Å²) in [7, 11) is 0. The van der Waals surface area contributed by atoms with Gasteiger partial charge < -0.3 is 24.7 Å². The number of guanidine groups is 1.